The van der Waals surface area contributed by atoms with Crippen molar-refractivity contribution in [3.8, 4) is 23.1 Å². The molecule has 0 saturated carbocycles. The second-order valence-electron chi connectivity index (χ2n) is 5.49. The summed E-state index contributed by atoms with van der Waals surface area (Å²) in [5, 5.41) is 21.5. The first kappa shape index (κ1) is 15.3. The third-order valence-electron chi connectivity index (χ3n) is 3.89. The summed E-state index contributed by atoms with van der Waals surface area (Å²) in [5.74, 6) is 1.87. The van der Waals surface area contributed by atoms with Crippen molar-refractivity contribution in [1.82, 2.24) is 29.9 Å². The number of methoxy groups -OCH3 is 1. The predicted molar refractivity (Wildman–Crippen MR) is 91.6 cm³/mol. The molecule has 8 heteroatoms. The van der Waals surface area contributed by atoms with E-state index >= 15 is 0 Å². The summed E-state index contributed by atoms with van der Waals surface area (Å²) in [4.78, 5) is 8.91. The topological polar surface area (TPSA) is 102 Å². The molecule has 0 aliphatic heterocycles. The zero-order chi connectivity index (χ0) is 17.2. The van der Waals surface area contributed by atoms with Crippen LogP contribution in [0.15, 0.2) is 42.9 Å². The molecule has 25 heavy (non-hydrogen) atoms. The van der Waals surface area contributed by atoms with Crippen LogP contribution in [0.1, 0.15) is 5.56 Å². The molecule has 2 N–H and O–H groups in total. The number of benzene rings is 1. The number of hydrogen-bond acceptors (Lipinski definition) is 6. The molecule has 0 spiro atoms. The van der Waals surface area contributed by atoms with Gasteiger partial charge in [-0.3, -0.25) is 5.10 Å². The maximum Gasteiger partial charge on any atom is 0.182 e. The minimum absolute atomic E-state index is 0.0851. The minimum Gasteiger partial charge on any atom is -0.497 e. The zero-order valence-corrected chi connectivity index (χ0v) is 13.5. The standard InChI is InChI=1S/C17H16N6O2/c1-25-12-2-3-14-13(8-12)16(22-21-14)17-18-6-4-15(20-17)23-10-11(5-7-24)9-19-23/h2-4,6,8-10,24H,5,7H2,1H3,(H,21,22). The molecule has 3 heterocycles. The molecule has 0 amide bonds. The van der Waals surface area contributed by atoms with E-state index in [0.29, 0.717) is 23.8 Å². The number of H-pyrrole nitrogens is 1. The molecule has 0 aliphatic rings. The van der Waals surface area contributed by atoms with Gasteiger partial charge in [0.25, 0.3) is 0 Å². The van der Waals surface area contributed by atoms with Crippen LogP contribution >= 0.6 is 0 Å². The quantitative estimate of drug-likeness (QED) is 0.576. The van der Waals surface area contributed by atoms with Crippen LogP contribution in [0, 0.1) is 0 Å². The first-order valence-corrected chi connectivity index (χ1v) is 7.79. The summed E-state index contributed by atoms with van der Waals surface area (Å²) in [7, 11) is 1.62. The average Bonchev–Trinajstić information content (AvgIpc) is 3.28. The number of nitrogens with one attached hydrogen (secondary N) is 1. The maximum atomic E-state index is 9.03. The lowest BCUT2D eigenvalue weighted by Crippen LogP contribution is -2.01. The number of aromatic nitrogens is 6. The number of nitrogens with zero attached hydrogens (tertiary/aromatic N) is 5. The number of fused-ring (bicyclic) bond motifs is 1. The van der Waals surface area contributed by atoms with Crippen LogP contribution < -0.4 is 4.74 Å². The van der Waals surface area contributed by atoms with Gasteiger partial charge in [0.05, 0.1) is 18.8 Å². The smallest absolute Gasteiger partial charge is 0.182 e. The predicted octanol–water partition coefficient (Wildman–Crippen LogP) is 1.75. The third kappa shape index (κ3) is 2.83. The Balaban J connectivity index is 1.76. The van der Waals surface area contributed by atoms with Crippen molar-refractivity contribution >= 4 is 10.9 Å². The number of ether oxygens (including phenoxy) is 1. The first-order valence-electron chi connectivity index (χ1n) is 7.79. The van der Waals surface area contributed by atoms with E-state index in [1.165, 1.54) is 0 Å². The van der Waals surface area contributed by atoms with E-state index < -0.39 is 0 Å². The zero-order valence-electron chi connectivity index (χ0n) is 13.5. The van der Waals surface area contributed by atoms with Crippen molar-refractivity contribution < 1.29 is 9.84 Å². The molecular formula is C17H16N6O2. The highest BCUT2D eigenvalue weighted by Crippen LogP contribution is 2.27. The van der Waals surface area contributed by atoms with Gasteiger partial charge in [0.1, 0.15) is 11.4 Å². The fourth-order valence-corrected chi connectivity index (χ4v) is 2.62. The van der Waals surface area contributed by atoms with Gasteiger partial charge < -0.3 is 9.84 Å². The molecule has 0 unspecified atom stereocenters. The molecule has 3 aromatic heterocycles. The Kier molecular flexibility index (Phi) is 3.87. The Hall–Kier alpha value is -3.26. The highest BCUT2D eigenvalue weighted by molar-refractivity contribution is 5.92. The summed E-state index contributed by atoms with van der Waals surface area (Å²) in [5.41, 5.74) is 2.48. The molecule has 0 atom stereocenters. The van der Waals surface area contributed by atoms with Crippen LogP contribution in [0.4, 0.5) is 0 Å². The Morgan fingerprint density at radius 2 is 2.20 bits per heavy atom. The Labute approximate surface area is 143 Å². The van der Waals surface area contributed by atoms with Gasteiger partial charge in [-0.05, 0) is 30.2 Å². The normalized spacial score (nSPS) is 11.1. The van der Waals surface area contributed by atoms with Crippen LogP contribution in [0.25, 0.3) is 28.2 Å². The number of rotatable bonds is 5. The van der Waals surface area contributed by atoms with Crippen molar-refractivity contribution in [1.29, 1.82) is 0 Å². The second-order valence-corrected chi connectivity index (χ2v) is 5.49. The largest absolute Gasteiger partial charge is 0.497 e. The summed E-state index contributed by atoms with van der Waals surface area (Å²) < 4.78 is 6.94. The first-order chi connectivity index (χ1) is 12.3. The van der Waals surface area contributed by atoms with Crippen molar-refractivity contribution in [2.75, 3.05) is 13.7 Å². The van der Waals surface area contributed by atoms with Gasteiger partial charge in [0, 0.05) is 30.5 Å². The maximum absolute atomic E-state index is 9.03. The van der Waals surface area contributed by atoms with Gasteiger partial charge in [-0.2, -0.15) is 10.2 Å². The van der Waals surface area contributed by atoms with Gasteiger partial charge >= 0.3 is 0 Å². The van der Waals surface area contributed by atoms with Gasteiger partial charge in [-0.1, -0.05) is 0 Å². The average molecular weight is 336 g/mol. The van der Waals surface area contributed by atoms with E-state index in [4.69, 9.17) is 9.84 Å². The van der Waals surface area contributed by atoms with Crippen molar-refractivity contribution in [2.45, 2.75) is 6.42 Å². The van der Waals surface area contributed by atoms with Gasteiger partial charge in [-0.15, -0.1) is 0 Å². The SMILES string of the molecule is COc1ccc2[nH]nc(-c3nccc(-n4cc(CCO)cn4)n3)c2c1. The number of aliphatic hydroxyl groups is 1. The molecule has 0 bridgehead atoms. The van der Waals surface area contributed by atoms with E-state index in [1.807, 2.05) is 24.4 Å². The molecule has 4 aromatic rings. The molecule has 0 radical (unpaired) electrons. The lowest BCUT2D eigenvalue weighted by Gasteiger charge is -2.03. The van der Waals surface area contributed by atoms with E-state index in [2.05, 4.69) is 25.3 Å². The minimum atomic E-state index is 0.0851. The molecule has 1 aromatic carbocycles. The lowest BCUT2D eigenvalue weighted by atomic mass is 10.2. The summed E-state index contributed by atoms with van der Waals surface area (Å²) in [6, 6.07) is 7.45. The molecule has 0 fully saturated rings. The Morgan fingerprint density at radius 1 is 1.28 bits per heavy atom. The van der Waals surface area contributed by atoms with E-state index in [1.54, 1.807) is 30.3 Å². The molecule has 0 saturated heterocycles. The van der Waals surface area contributed by atoms with Gasteiger partial charge in [-0.25, -0.2) is 14.6 Å². The van der Waals surface area contributed by atoms with Crippen LogP contribution in [-0.4, -0.2) is 48.8 Å². The van der Waals surface area contributed by atoms with Crippen LogP contribution in [0.3, 0.4) is 0 Å². The number of hydrogen-bond donors (Lipinski definition) is 2. The van der Waals surface area contributed by atoms with Crippen LogP contribution in [0.2, 0.25) is 0 Å². The van der Waals surface area contributed by atoms with Gasteiger partial charge in [0.2, 0.25) is 0 Å². The van der Waals surface area contributed by atoms with Crippen LogP contribution in [0.5, 0.6) is 5.75 Å². The summed E-state index contributed by atoms with van der Waals surface area (Å²) >= 11 is 0. The number of aromatic amines is 1. The van der Waals surface area contributed by atoms with Gasteiger partial charge in [0.15, 0.2) is 11.6 Å². The summed E-state index contributed by atoms with van der Waals surface area (Å²) in [6.45, 7) is 0.0851. The fraction of sp³-hybridized carbons (Fsp3) is 0.176. The van der Waals surface area contributed by atoms with Crippen molar-refractivity contribution in [3.63, 3.8) is 0 Å². The monoisotopic (exact) mass is 336 g/mol. The fourth-order valence-electron chi connectivity index (χ4n) is 2.62. The molecule has 0 aliphatic carbocycles. The van der Waals surface area contributed by atoms with E-state index in [0.717, 1.165) is 22.2 Å². The highest BCUT2D eigenvalue weighted by Gasteiger charge is 2.13. The third-order valence-corrected chi connectivity index (χ3v) is 3.89. The van der Waals surface area contributed by atoms with Crippen molar-refractivity contribution in [2.24, 2.45) is 0 Å². The molecule has 4 rings (SSSR count). The number of aliphatic hydroxyl groups excluding tert-OH is 1. The Bertz CT molecular complexity index is 1020. The summed E-state index contributed by atoms with van der Waals surface area (Å²) in [6.07, 6.45) is 5.79. The lowest BCUT2D eigenvalue weighted by molar-refractivity contribution is 0.299. The van der Waals surface area contributed by atoms with Crippen LogP contribution in [-0.2, 0) is 6.42 Å². The highest BCUT2D eigenvalue weighted by atomic mass is 16.5. The molecular weight excluding hydrogens is 320 g/mol. The second kappa shape index (κ2) is 6.33. The molecule has 126 valence electrons. The Morgan fingerprint density at radius 3 is 3.04 bits per heavy atom. The van der Waals surface area contributed by atoms with E-state index in [9.17, 15) is 0 Å². The van der Waals surface area contributed by atoms with Crippen molar-refractivity contribution in [3.05, 3.63) is 48.4 Å². The molecule has 8 nitrogen and oxygen atoms in total. The van der Waals surface area contributed by atoms with E-state index in [-0.39, 0.29) is 6.61 Å².